The van der Waals surface area contributed by atoms with Crippen LogP contribution in [0.25, 0.3) is 0 Å². The highest BCUT2D eigenvalue weighted by Crippen LogP contribution is 2.44. The van der Waals surface area contributed by atoms with Gasteiger partial charge in [-0.25, -0.2) is 4.39 Å². The summed E-state index contributed by atoms with van der Waals surface area (Å²) in [6, 6.07) is 19.5. The minimum Gasteiger partial charge on any atom is -0.494 e. The summed E-state index contributed by atoms with van der Waals surface area (Å²) >= 11 is 1.76. The number of para-hydroxylation sites is 1. The molecule has 1 aliphatic rings. The summed E-state index contributed by atoms with van der Waals surface area (Å²) in [6.07, 6.45) is 0. The quantitative estimate of drug-likeness (QED) is 0.497. The van der Waals surface area contributed by atoms with E-state index in [1.807, 2.05) is 24.3 Å². The minimum atomic E-state index is -0.345. The first-order valence-corrected chi connectivity index (χ1v) is 8.79. The van der Waals surface area contributed by atoms with E-state index in [0.29, 0.717) is 6.54 Å². The Labute approximate surface area is 150 Å². The Morgan fingerprint density at radius 3 is 2.68 bits per heavy atom. The van der Waals surface area contributed by atoms with Crippen LogP contribution in [0.2, 0.25) is 0 Å². The largest absolute Gasteiger partial charge is 0.494 e. The van der Waals surface area contributed by atoms with Crippen LogP contribution in [-0.4, -0.2) is 7.11 Å². The number of fused-ring (bicyclic) bond motifs is 2. The summed E-state index contributed by atoms with van der Waals surface area (Å²) in [5.41, 5.74) is 4.05. The van der Waals surface area contributed by atoms with Gasteiger partial charge in [0, 0.05) is 22.0 Å². The van der Waals surface area contributed by atoms with Gasteiger partial charge in [-0.3, -0.25) is 0 Å². The van der Waals surface area contributed by atoms with Gasteiger partial charge in [0.05, 0.1) is 18.5 Å². The van der Waals surface area contributed by atoms with Crippen molar-refractivity contribution in [1.29, 1.82) is 0 Å². The van der Waals surface area contributed by atoms with Crippen molar-refractivity contribution >= 4 is 28.8 Å². The fourth-order valence-electron chi connectivity index (χ4n) is 2.77. The summed E-state index contributed by atoms with van der Waals surface area (Å²) in [7, 11) is 1.46. The molecule has 3 aromatic rings. The van der Waals surface area contributed by atoms with Crippen molar-refractivity contribution in [2.75, 3.05) is 17.7 Å². The molecule has 0 atom stereocenters. The lowest BCUT2D eigenvalue weighted by Crippen LogP contribution is -2.03. The molecule has 0 bridgehead atoms. The highest BCUT2D eigenvalue weighted by molar-refractivity contribution is 7.99. The van der Waals surface area contributed by atoms with Gasteiger partial charge in [0.2, 0.25) is 0 Å². The monoisotopic (exact) mass is 352 g/mol. The van der Waals surface area contributed by atoms with E-state index in [0.717, 1.165) is 22.6 Å². The fraction of sp³-hybridized carbons (Fsp3) is 0.100. The molecule has 5 heteroatoms. The van der Waals surface area contributed by atoms with Crippen LogP contribution >= 0.6 is 11.8 Å². The lowest BCUT2D eigenvalue weighted by atomic mass is 10.2. The molecule has 4 rings (SSSR count). The molecule has 0 unspecified atom stereocenters. The molecule has 126 valence electrons. The summed E-state index contributed by atoms with van der Waals surface area (Å²) < 4.78 is 18.7. The van der Waals surface area contributed by atoms with Crippen LogP contribution < -0.4 is 15.4 Å². The second-order valence-electron chi connectivity index (χ2n) is 5.76. The van der Waals surface area contributed by atoms with Gasteiger partial charge in [-0.05, 0) is 48.0 Å². The van der Waals surface area contributed by atoms with E-state index in [-0.39, 0.29) is 11.6 Å². The predicted molar refractivity (Wildman–Crippen MR) is 101 cm³/mol. The van der Waals surface area contributed by atoms with Crippen LogP contribution in [-0.2, 0) is 6.54 Å². The van der Waals surface area contributed by atoms with Crippen LogP contribution in [0, 0.1) is 5.82 Å². The number of benzene rings is 3. The van der Waals surface area contributed by atoms with Crippen molar-refractivity contribution in [2.45, 2.75) is 16.3 Å². The maximum Gasteiger partial charge on any atom is 0.165 e. The van der Waals surface area contributed by atoms with Crippen molar-refractivity contribution in [3.63, 3.8) is 0 Å². The average Bonchev–Trinajstić information content (AvgIpc) is 2.64. The molecule has 0 aromatic heterocycles. The van der Waals surface area contributed by atoms with Gasteiger partial charge in [-0.1, -0.05) is 30.0 Å². The Balaban J connectivity index is 1.49. The van der Waals surface area contributed by atoms with Crippen molar-refractivity contribution < 1.29 is 9.13 Å². The van der Waals surface area contributed by atoms with E-state index < -0.39 is 0 Å². The zero-order valence-electron chi connectivity index (χ0n) is 13.7. The van der Waals surface area contributed by atoms with Crippen LogP contribution in [0.3, 0.4) is 0 Å². The first kappa shape index (κ1) is 15.8. The average molecular weight is 352 g/mol. The Kier molecular flexibility index (Phi) is 4.24. The van der Waals surface area contributed by atoms with Gasteiger partial charge >= 0.3 is 0 Å². The maximum absolute atomic E-state index is 13.8. The molecule has 3 aromatic carbocycles. The fourth-order valence-corrected chi connectivity index (χ4v) is 3.74. The number of anilines is 3. The maximum atomic E-state index is 13.8. The molecule has 0 amide bonds. The smallest absolute Gasteiger partial charge is 0.165 e. The Hall–Kier alpha value is -2.66. The third-order valence-electron chi connectivity index (χ3n) is 4.07. The Morgan fingerprint density at radius 2 is 1.84 bits per heavy atom. The number of methoxy groups -OCH3 is 1. The van der Waals surface area contributed by atoms with E-state index in [1.54, 1.807) is 17.8 Å². The number of hydrogen-bond acceptors (Lipinski definition) is 4. The molecule has 0 radical (unpaired) electrons. The molecule has 0 fully saturated rings. The van der Waals surface area contributed by atoms with E-state index in [4.69, 9.17) is 4.74 Å². The second kappa shape index (κ2) is 6.69. The van der Waals surface area contributed by atoms with Gasteiger partial charge in [-0.2, -0.15) is 0 Å². The molecular formula is C20H17FN2OS. The molecule has 1 aliphatic heterocycles. The third-order valence-corrected chi connectivity index (χ3v) is 5.22. The van der Waals surface area contributed by atoms with E-state index in [9.17, 15) is 4.39 Å². The zero-order chi connectivity index (χ0) is 17.2. The van der Waals surface area contributed by atoms with Crippen LogP contribution in [0.4, 0.5) is 21.5 Å². The standard InChI is InChI=1S/C20H17FN2OS/c1-24-18-8-6-13(10-15(18)21)12-22-14-7-9-20-17(11-14)23-16-4-2-3-5-19(16)25-20/h2-11,22-23H,12H2,1H3. The van der Waals surface area contributed by atoms with Crippen LogP contribution in [0.15, 0.2) is 70.5 Å². The molecule has 0 spiro atoms. The lowest BCUT2D eigenvalue weighted by molar-refractivity contribution is 0.386. The number of ether oxygens (including phenoxy) is 1. The van der Waals surface area contributed by atoms with E-state index >= 15 is 0 Å². The molecule has 2 N–H and O–H groups in total. The van der Waals surface area contributed by atoms with Gasteiger partial charge < -0.3 is 15.4 Å². The number of rotatable bonds is 4. The summed E-state index contributed by atoms with van der Waals surface area (Å²) in [5, 5.41) is 6.81. The van der Waals surface area contributed by atoms with Gasteiger partial charge in [0.15, 0.2) is 11.6 Å². The summed E-state index contributed by atoms with van der Waals surface area (Å²) in [5.74, 6) is -0.0839. The van der Waals surface area contributed by atoms with Crippen molar-refractivity contribution in [3.05, 3.63) is 72.0 Å². The third kappa shape index (κ3) is 3.28. The van der Waals surface area contributed by atoms with Crippen LogP contribution in [0.1, 0.15) is 5.56 Å². The normalized spacial score (nSPS) is 11.9. The Morgan fingerprint density at radius 1 is 1.00 bits per heavy atom. The Bertz CT molecular complexity index is 929. The molecule has 0 saturated heterocycles. The molecule has 0 saturated carbocycles. The van der Waals surface area contributed by atoms with E-state index in [2.05, 4.69) is 34.9 Å². The number of halogens is 1. The highest BCUT2D eigenvalue weighted by atomic mass is 32.2. The lowest BCUT2D eigenvalue weighted by Gasteiger charge is -2.21. The summed E-state index contributed by atoms with van der Waals surface area (Å²) in [6.45, 7) is 0.545. The van der Waals surface area contributed by atoms with Crippen molar-refractivity contribution in [2.24, 2.45) is 0 Å². The second-order valence-corrected chi connectivity index (χ2v) is 6.84. The minimum absolute atomic E-state index is 0.262. The van der Waals surface area contributed by atoms with Crippen LogP contribution in [0.5, 0.6) is 5.75 Å². The van der Waals surface area contributed by atoms with E-state index in [1.165, 1.54) is 23.0 Å². The van der Waals surface area contributed by atoms with Crippen molar-refractivity contribution in [1.82, 2.24) is 0 Å². The highest BCUT2D eigenvalue weighted by Gasteiger charge is 2.15. The first-order chi connectivity index (χ1) is 12.2. The van der Waals surface area contributed by atoms with Gasteiger partial charge in [0.25, 0.3) is 0 Å². The van der Waals surface area contributed by atoms with Gasteiger partial charge in [-0.15, -0.1) is 0 Å². The molecular weight excluding hydrogens is 335 g/mol. The molecule has 1 heterocycles. The topological polar surface area (TPSA) is 33.3 Å². The van der Waals surface area contributed by atoms with Crippen molar-refractivity contribution in [3.8, 4) is 5.75 Å². The molecule has 0 aliphatic carbocycles. The number of nitrogens with one attached hydrogen (secondary N) is 2. The zero-order valence-corrected chi connectivity index (χ0v) is 14.5. The SMILES string of the molecule is COc1ccc(CNc2ccc3c(c2)Nc2ccccc2S3)cc1F. The predicted octanol–water partition coefficient (Wildman–Crippen LogP) is 5.65. The molecule has 25 heavy (non-hydrogen) atoms. The molecule has 3 nitrogen and oxygen atoms in total. The number of hydrogen-bond donors (Lipinski definition) is 2. The van der Waals surface area contributed by atoms with Gasteiger partial charge in [0.1, 0.15) is 0 Å². The first-order valence-electron chi connectivity index (χ1n) is 7.97. The summed E-state index contributed by atoms with van der Waals surface area (Å²) in [4.78, 5) is 2.42.